The summed E-state index contributed by atoms with van der Waals surface area (Å²) in [6.45, 7) is 1.70. The molecule has 11 nitrogen and oxygen atoms in total. The maximum atomic E-state index is 14.2. The van der Waals surface area contributed by atoms with Crippen LogP contribution in [0.15, 0.2) is 24.3 Å². The number of ketones is 2. The molecule has 4 atom stereocenters. The molecule has 3 unspecified atom stereocenters. The number of carbonyl (C=O) groups is 6. The van der Waals surface area contributed by atoms with E-state index in [1.807, 2.05) is 24.3 Å². The number of hydrogen-bond acceptors (Lipinski definition) is 6. The summed E-state index contributed by atoms with van der Waals surface area (Å²) >= 11 is 0. The third kappa shape index (κ3) is 7.08. The van der Waals surface area contributed by atoms with Crippen molar-refractivity contribution >= 4 is 35.3 Å². The molecule has 3 fully saturated rings. The van der Waals surface area contributed by atoms with Gasteiger partial charge in [-0.25, -0.2) is 4.79 Å². The zero-order valence-electron chi connectivity index (χ0n) is 24.8. The van der Waals surface area contributed by atoms with Crippen LogP contribution in [-0.2, 0) is 36.8 Å². The number of nitrogens with one attached hydrogen (secondary N) is 3. The number of rotatable bonds is 11. The molecule has 4 aliphatic rings. The number of nitrogens with two attached hydrogens (primary N) is 1. The van der Waals surface area contributed by atoms with E-state index in [9.17, 15) is 28.8 Å². The number of hydrogen-bond donors (Lipinski definition) is 4. The van der Waals surface area contributed by atoms with Gasteiger partial charge in [0.05, 0.1) is 12.1 Å². The van der Waals surface area contributed by atoms with Gasteiger partial charge in [0, 0.05) is 12.5 Å². The van der Waals surface area contributed by atoms with Crippen LogP contribution in [0.25, 0.3) is 0 Å². The minimum atomic E-state index is -1.14. The molecule has 0 bridgehead atoms. The molecule has 1 aromatic carbocycles. The number of fused-ring (bicyclic) bond motifs is 1. The fraction of sp³-hybridized carbons (Fsp3) is 0.625. The molecule has 2 saturated carbocycles. The summed E-state index contributed by atoms with van der Waals surface area (Å²) < 4.78 is 0. The van der Waals surface area contributed by atoms with Gasteiger partial charge in [0.1, 0.15) is 12.1 Å². The Morgan fingerprint density at radius 3 is 2.02 bits per heavy atom. The van der Waals surface area contributed by atoms with E-state index in [-0.39, 0.29) is 29.4 Å². The largest absolute Gasteiger partial charge is 0.363 e. The minimum absolute atomic E-state index is 0.00157. The fourth-order valence-electron chi connectivity index (χ4n) is 7.11. The molecule has 0 spiro atoms. The summed E-state index contributed by atoms with van der Waals surface area (Å²) in [4.78, 5) is 78.9. The van der Waals surface area contributed by atoms with Crippen LogP contribution in [0.2, 0.25) is 0 Å². The van der Waals surface area contributed by atoms with Crippen LogP contribution in [0.1, 0.15) is 75.8 Å². The number of carbonyl (C=O) groups excluding carboxylic acids is 6. The number of benzene rings is 1. The third-order valence-electron chi connectivity index (χ3n) is 9.63. The highest BCUT2D eigenvalue weighted by Crippen LogP contribution is 2.36. The Morgan fingerprint density at radius 2 is 1.42 bits per heavy atom. The first-order valence-corrected chi connectivity index (χ1v) is 15.8. The maximum Gasteiger partial charge on any atom is 0.316 e. The molecule has 5 amide bonds. The van der Waals surface area contributed by atoms with Gasteiger partial charge in [0.2, 0.25) is 17.6 Å². The SMILES string of the molecule is CC(NC(=O)[C@@H]1CCCN1C(=O)C(NC(=O)NC(C(=O)C1CC1)C1CCCCC1)C1Cc2ccccc2C1)C(=O)C(N)=O. The van der Waals surface area contributed by atoms with Gasteiger partial charge >= 0.3 is 6.03 Å². The van der Waals surface area contributed by atoms with Crippen LogP contribution < -0.4 is 21.7 Å². The number of Topliss-reactive ketones (excluding diaryl/α,β-unsaturated/α-hetero) is 2. The lowest BCUT2D eigenvalue weighted by atomic mass is 9.81. The molecule has 5 rings (SSSR count). The molecule has 3 aliphatic carbocycles. The Balaban J connectivity index is 1.33. The molecule has 1 aromatic rings. The van der Waals surface area contributed by atoms with Crippen molar-refractivity contribution in [2.45, 2.75) is 102 Å². The van der Waals surface area contributed by atoms with E-state index in [0.717, 1.165) is 56.1 Å². The van der Waals surface area contributed by atoms with Crippen molar-refractivity contribution in [2.75, 3.05) is 6.54 Å². The van der Waals surface area contributed by atoms with Crippen molar-refractivity contribution in [3.05, 3.63) is 35.4 Å². The van der Waals surface area contributed by atoms with Gasteiger partial charge in [-0.2, -0.15) is 0 Å². The van der Waals surface area contributed by atoms with Gasteiger partial charge in [-0.3, -0.25) is 24.0 Å². The highest BCUT2D eigenvalue weighted by Gasteiger charge is 2.44. The number of amides is 5. The van der Waals surface area contributed by atoms with E-state index >= 15 is 0 Å². The molecule has 11 heteroatoms. The fourth-order valence-corrected chi connectivity index (χ4v) is 7.11. The van der Waals surface area contributed by atoms with Crippen molar-refractivity contribution in [2.24, 2.45) is 23.5 Å². The van der Waals surface area contributed by atoms with Gasteiger partial charge in [-0.05, 0) is 81.3 Å². The van der Waals surface area contributed by atoms with E-state index < -0.39 is 47.8 Å². The molecule has 232 valence electrons. The van der Waals surface area contributed by atoms with E-state index in [4.69, 9.17) is 5.73 Å². The summed E-state index contributed by atoms with van der Waals surface area (Å²) in [5.41, 5.74) is 7.32. The summed E-state index contributed by atoms with van der Waals surface area (Å²) in [5.74, 6) is -3.03. The number of primary amides is 1. The number of nitrogens with zero attached hydrogens (tertiary/aromatic N) is 1. The maximum absolute atomic E-state index is 14.2. The Hall–Kier alpha value is -3.76. The van der Waals surface area contributed by atoms with Crippen LogP contribution in [0.5, 0.6) is 0 Å². The van der Waals surface area contributed by atoms with Crippen LogP contribution in [0, 0.1) is 17.8 Å². The highest BCUT2D eigenvalue weighted by molar-refractivity contribution is 6.37. The van der Waals surface area contributed by atoms with Gasteiger partial charge < -0.3 is 26.6 Å². The second kappa shape index (κ2) is 13.3. The first kappa shape index (κ1) is 30.7. The third-order valence-corrected chi connectivity index (χ3v) is 9.63. The predicted molar refractivity (Wildman–Crippen MR) is 157 cm³/mol. The quantitative estimate of drug-likeness (QED) is 0.284. The summed E-state index contributed by atoms with van der Waals surface area (Å²) in [7, 11) is 0. The lowest BCUT2D eigenvalue weighted by Crippen LogP contribution is -2.60. The molecule has 0 aromatic heterocycles. The van der Waals surface area contributed by atoms with E-state index in [1.165, 1.54) is 11.8 Å². The first-order chi connectivity index (χ1) is 20.6. The van der Waals surface area contributed by atoms with Gasteiger partial charge in [-0.1, -0.05) is 43.5 Å². The zero-order chi connectivity index (χ0) is 30.7. The van der Waals surface area contributed by atoms with Crippen LogP contribution in [-0.4, -0.2) is 70.9 Å². The molecule has 1 heterocycles. The molecular weight excluding hydrogens is 550 g/mol. The topological polar surface area (TPSA) is 168 Å². The summed E-state index contributed by atoms with van der Waals surface area (Å²) in [6.07, 6.45) is 8.84. The van der Waals surface area contributed by atoms with Crippen LogP contribution in [0.3, 0.4) is 0 Å². The van der Waals surface area contributed by atoms with Gasteiger partial charge in [0.15, 0.2) is 5.78 Å². The molecular formula is C32H43N5O6. The standard InChI is InChI=1S/C32H43N5O6/c1-18(27(38)29(33)40)34-30(41)24-12-7-15-37(24)31(42)26(23-16-21-10-5-6-11-22(21)17-23)36-32(43)35-25(28(39)20-13-14-20)19-8-3-2-4-9-19/h5-6,10-11,18-20,23-26H,2-4,7-9,12-17H2,1H3,(H2,33,40)(H,34,41)(H2,35,36,43)/t18?,24-,25?,26?/m0/s1. The van der Waals surface area contributed by atoms with E-state index in [0.29, 0.717) is 32.2 Å². The lowest BCUT2D eigenvalue weighted by Gasteiger charge is -2.33. The Bertz CT molecular complexity index is 1250. The predicted octanol–water partition coefficient (Wildman–Crippen LogP) is 1.55. The van der Waals surface area contributed by atoms with Crippen molar-refractivity contribution in [1.29, 1.82) is 0 Å². The number of urea groups is 1. The average Bonchev–Trinajstić information content (AvgIpc) is 3.57. The molecule has 5 N–H and O–H groups in total. The summed E-state index contributed by atoms with van der Waals surface area (Å²) in [5, 5.41) is 8.45. The van der Waals surface area contributed by atoms with Crippen molar-refractivity contribution in [3.63, 3.8) is 0 Å². The van der Waals surface area contributed by atoms with Gasteiger partial charge in [0.25, 0.3) is 5.91 Å². The molecule has 43 heavy (non-hydrogen) atoms. The average molecular weight is 594 g/mol. The smallest absolute Gasteiger partial charge is 0.316 e. The van der Waals surface area contributed by atoms with Crippen molar-refractivity contribution in [3.8, 4) is 0 Å². The Kier molecular flexibility index (Phi) is 9.46. The monoisotopic (exact) mass is 593 g/mol. The first-order valence-electron chi connectivity index (χ1n) is 15.8. The zero-order valence-corrected chi connectivity index (χ0v) is 24.8. The summed E-state index contributed by atoms with van der Waals surface area (Å²) in [6, 6.07) is 3.94. The second-order valence-electron chi connectivity index (χ2n) is 12.7. The van der Waals surface area contributed by atoms with Gasteiger partial charge in [-0.15, -0.1) is 0 Å². The Labute approximate surface area is 252 Å². The van der Waals surface area contributed by atoms with Crippen LogP contribution >= 0.6 is 0 Å². The molecule has 0 radical (unpaired) electrons. The minimum Gasteiger partial charge on any atom is -0.363 e. The normalized spacial score (nSPS) is 22.6. The highest BCUT2D eigenvalue weighted by atomic mass is 16.2. The van der Waals surface area contributed by atoms with E-state index in [1.54, 1.807) is 0 Å². The van der Waals surface area contributed by atoms with Crippen molar-refractivity contribution in [1.82, 2.24) is 20.9 Å². The van der Waals surface area contributed by atoms with Crippen LogP contribution in [0.4, 0.5) is 4.79 Å². The molecule has 1 saturated heterocycles. The second-order valence-corrected chi connectivity index (χ2v) is 12.7. The lowest BCUT2D eigenvalue weighted by molar-refractivity contribution is -0.142. The Morgan fingerprint density at radius 1 is 0.791 bits per heavy atom. The van der Waals surface area contributed by atoms with E-state index in [2.05, 4.69) is 16.0 Å². The number of likely N-dealkylation sites (tertiary alicyclic amines) is 1. The molecule has 1 aliphatic heterocycles. The van der Waals surface area contributed by atoms with Crippen molar-refractivity contribution < 1.29 is 28.8 Å².